The molecule has 0 radical (unpaired) electrons. The highest BCUT2D eigenvalue weighted by Gasteiger charge is 2.55. The van der Waals surface area contributed by atoms with Crippen LogP contribution >= 0.6 is 0 Å². The van der Waals surface area contributed by atoms with Gasteiger partial charge in [-0.1, -0.05) is 0 Å². The molecule has 0 aromatic carbocycles. The van der Waals surface area contributed by atoms with E-state index in [2.05, 4.69) is 10.1 Å². The van der Waals surface area contributed by atoms with Gasteiger partial charge >= 0.3 is 0 Å². The molecule has 0 unspecified atom stereocenters. The Hall–Kier alpha value is -1.55. The van der Waals surface area contributed by atoms with Crippen LogP contribution < -0.4 is 11.5 Å². The van der Waals surface area contributed by atoms with Crippen LogP contribution in [0.15, 0.2) is 6.33 Å². The molecule has 1 aromatic heterocycles. The van der Waals surface area contributed by atoms with E-state index in [1.165, 1.54) is 11.0 Å². The van der Waals surface area contributed by atoms with E-state index < -0.39 is 17.9 Å². The highest BCUT2D eigenvalue weighted by atomic mass is 16.8. The number of amides is 1. The van der Waals surface area contributed by atoms with Gasteiger partial charge in [-0.3, -0.25) is 4.79 Å². The maximum atomic E-state index is 11.0. The average molecular weight is 283 g/mol. The summed E-state index contributed by atoms with van der Waals surface area (Å²) in [6, 6.07) is 0. The summed E-state index contributed by atoms with van der Waals surface area (Å²) in [7, 11) is 0. The fraction of sp³-hybridized carbons (Fsp3) is 0.727. The Morgan fingerprint density at radius 1 is 1.45 bits per heavy atom. The molecule has 0 aliphatic carbocycles. The van der Waals surface area contributed by atoms with E-state index in [1.54, 1.807) is 0 Å². The van der Waals surface area contributed by atoms with Crippen molar-refractivity contribution in [2.75, 3.05) is 6.54 Å². The number of rotatable bonds is 3. The first-order valence-corrected chi connectivity index (χ1v) is 6.33. The number of ether oxygens (including phenoxy) is 3. The van der Waals surface area contributed by atoms with E-state index in [-0.39, 0.29) is 24.1 Å². The van der Waals surface area contributed by atoms with E-state index in [0.717, 1.165) is 0 Å². The number of carbonyl (C=O) groups excluding carboxylic acids is 1. The molecule has 3 rings (SSSR count). The van der Waals surface area contributed by atoms with Crippen LogP contribution in [-0.2, 0) is 14.2 Å². The molecule has 110 valence electrons. The molecule has 1 amide bonds. The van der Waals surface area contributed by atoms with Gasteiger partial charge in [0.05, 0.1) is 0 Å². The molecule has 4 atom stereocenters. The quantitative estimate of drug-likeness (QED) is 0.709. The van der Waals surface area contributed by atoms with Crippen LogP contribution in [0, 0.1) is 0 Å². The molecular formula is C11H17N5O4. The Kier molecular flexibility index (Phi) is 3.01. The molecule has 2 aliphatic heterocycles. The van der Waals surface area contributed by atoms with Crippen LogP contribution in [-0.4, -0.2) is 51.3 Å². The summed E-state index contributed by atoms with van der Waals surface area (Å²) in [6.45, 7) is 3.95. The van der Waals surface area contributed by atoms with E-state index >= 15 is 0 Å². The first-order chi connectivity index (χ1) is 9.41. The van der Waals surface area contributed by atoms with Crippen LogP contribution in [0.25, 0.3) is 0 Å². The Bertz CT molecular complexity index is 531. The average Bonchev–Trinajstić information content (AvgIpc) is 3.01. The van der Waals surface area contributed by atoms with Gasteiger partial charge in [-0.05, 0) is 13.8 Å². The second kappa shape index (κ2) is 4.48. The van der Waals surface area contributed by atoms with Crippen molar-refractivity contribution in [3.05, 3.63) is 12.2 Å². The molecular weight excluding hydrogens is 266 g/mol. The van der Waals surface area contributed by atoms with Crippen LogP contribution in [0.4, 0.5) is 0 Å². The third-order valence-corrected chi connectivity index (χ3v) is 3.35. The number of primary amides is 1. The summed E-state index contributed by atoms with van der Waals surface area (Å²) < 4.78 is 18.8. The number of nitrogens with zero attached hydrogens (tertiary/aromatic N) is 3. The minimum Gasteiger partial charge on any atom is -0.363 e. The van der Waals surface area contributed by atoms with E-state index in [4.69, 9.17) is 25.7 Å². The van der Waals surface area contributed by atoms with Crippen molar-refractivity contribution in [2.24, 2.45) is 11.5 Å². The SMILES string of the molecule is CC1(C)O[C@@H]2[C@H](O1)[C@@H](CN)O[C@H]2n1cnc(C(N)=O)n1. The minimum absolute atomic E-state index is 0.0699. The third-order valence-electron chi connectivity index (χ3n) is 3.35. The second-order valence-electron chi connectivity index (χ2n) is 5.28. The van der Waals surface area contributed by atoms with Gasteiger partial charge in [0.25, 0.3) is 5.91 Å². The molecule has 0 saturated carbocycles. The predicted octanol–water partition coefficient (Wildman–Crippen LogP) is -1.25. The number of aromatic nitrogens is 3. The molecule has 1 aromatic rings. The molecule has 0 bridgehead atoms. The van der Waals surface area contributed by atoms with Gasteiger partial charge in [0.2, 0.25) is 5.82 Å². The molecule has 9 nitrogen and oxygen atoms in total. The van der Waals surface area contributed by atoms with Gasteiger partial charge in [-0.2, -0.15) is 0 Å². The lowest BCUT2D eigenvalue weighted by molar-refractivity contribution is -0.196. The molecule has 3 heterocycles. The summed E-state index contributed by atoms with van der Waals surface area (Å²) >= 11 is 0. The van der Waals surface area contributed by atoms with Crippen LogP contribution in [0.3, 0.4) is 0 Å². The van der Waals surface area contributed by atoms with Gasteiger partial charge in [0.15, 0.2) is 12.0 Å². The van der Waals surface area contributed by atoms with Crippen molar-refractivity contribution in [1.82, 2.24) is 14.8 Å². The summed E-state index contributed by atoms with van der Waals surface area (Å²) in [4.78, 5) is 14.9. The number of hydrogen-bond donors (Lipinski definition) is 2. The number of fused-ring (bicyclic) bond motifs is 1. The molecule has 2 saturated heterocycles. The first kappa shape index (κ1) is 13.4. The molecule has 20 heavy (non-hydrogen) atoms. The maximum Gasteiger partial charge on any atom is 0.288 e. The van der Waals surface area contributed by atoms with Gasteiger partial charge < -0.3 is 25.7 Å². The molecule has 2 aliphatic rings. The fourth-order valence-corrected chi connectivity index (χ4v) is 2.57. The number of carbonyl (C=O) groups is 1. The topological polar surface area (TPSA) is 128 Å². The Labute approximate surface area is 115 Å². The van der Waals surface area contributed by atoms with Crippen molar-refractivity contribution in [3.63, 3.8) is 0 Å². The van der Waals surface area contributed by atoms with Crippen LogP contribution in [0.5, 0.6) is 0 Å². The minimum atomic E-state index is -0.710. The first-order valence-electron chi connectivity index (χ1n) is 6.33. The largest absolute Gasteiger partial charge is 0.363 e. The van der Waals surface area contributed by atoms with Crippen molar-refractivity contribution in [1.29, 1.82) is 0 Å². The Morgan fingerprint density at radius 2 is 2.15 bits per heavy atom. The lowest BCUT2D eigenvalue weighted by Crippen LogP contribution is -2.34. The molecule has 9 heteroatoms. The standard InChI is InChI=1S/C11H17N5O4/c1-11(2)19-6-5(3-12)18-10(7(6)20-11)16-4-14-9(15-16)8(13)17/h4-7,10H,3,12H2,1-2H3,(H2,13,17)/t5-,6-,7-,10-/m1/s1. The van der Waals surface area contributed by atoms with Crippen molar-refractivity contribution in [2.45, 2.75) is 44.2 Å². The number of nitrogens with two attached hydrogens (primary N) is 2. The van der Waals surface area contributed by atoms with Crippen molar-refractivity contribution >= 4 is 5.91 Å². The zero-order chi connectivity index (χ0) is 14.5. The van der Waals surface area contributed by atoms with Crippen molar-refractivity contribution < 1.29 is 19.0 Å². The van der Waals surface area contributed by atoms with Crippen LogP contribution in [0.2, 0.25) is 0 Å². The Morgan fingerprint density at radius 3 is 2.75 bits per heavy atom. The zero-order valence-electron chi connectivity index (χ0n) is 11.2. The fourth-order valence-electron chi connectivity index (χ4n) is 2.57. The summed E-state index contributed by atoms with van der Waals surface area (Å²) in [5.41, 5.74) is 10.8. The highest BCUT2D eigenvalue weighted by Crippen LogP contribution is 2.42. The third kappa shape index (κ3) is 2.08. The molecule has 0 spiro atoms. The van der Waals surface area contributed by atoms with Gasteiger partial charge in [-0.15, -0.1) is 5.10 Å². The summed E-state index contributed by atoms with van der Waals surface area (Å²) in [5.74, 6) is -1.48. The van der Waals surface area contributed by atoms with Crippen molar-refractivity contribution in [3.8, 4) is 0 Å². The monoisotopic (exact) mass is 283 g/mol. The molecule has 4 N–H and O–H groups in total. The van der Waals surface area contributed by atoms with Crippen LogP contribution in [0.1, 0.15) is 30.7 Å². The smallest absolute Gasteiger partial charge is 0.288 e. The predicted molar refractivity (Wildman–Crippen MR) is 65.3 cm³/mol. The summed E-state index contributed by atoms with van der Waals surface area (Å²) in [5, 5.41) is 4.00. The highest BCUT2D eigenvalue weighted by molar-refractivity contribution is 5.88. The van der Waals surface area contributed by atoms with E-state index in [0.29, 0.717) is 6.54 Å². The maximum absolute atomic E-state index is 11.0. The second-order valence-corrected chi connectivity index (χ2v) is 5.28. The zero-order valence-corrected chi connectivity index (χ0v) is 11.2. The Balaban J connectivity index is 1.87. The molecule has 2 fully saturated rings. The van der Waals surface area contributed by atoms with E-state index in [1.807, 2.05) is 13.8 Å². The number of hydrogen-bond acceptors (Lipinski definition) is 7. The normalized spacial score (nSPS) is 35.1. The van der Waals surface area contributed by atoms with Gasteiger partial charge in [0.1, 0.15) is 24.6 Å². The van der Waals surface area contributed by atoms with Gasteiger partial charge in [-0.25, -0.2) is 9.67 Å². The summed E-state index contributed by atoms with van der Waals surface area (Å²) in [6.07, 6.45) is -0.0961. The van der Waals surface area contributed by atoms with Gasteiger partial charge in [0, 0.05) is 6.54 Å². The lowest BCUT2D eigenvalue weighted by Gasteiger charge is -2.23. The van der Waals surface area contributed by atoms with E-state index in [9.17, 15) is 4.79 Å². The lowest BCUT2D eigenvalue weighted by atomic mass is 10.1.